The molecule has 0 saturated carbocycles. The number of carbonyl (C=O) groups is 2. The Kier molecular flexibility index (Phi) is 6.93. The van der Waals surface area contributed by atoms with Gasteiger partial charge in [0.15, 0.2) is 5.01 Å². The summed E-state index contributed by atoms with van der Waals surface area (Å²) in [6.07, 6.45) is -0.00446. The van der Waals surface area contributed by atoms with Crippen LogP contribution in [-0.2, 0) is 4.79 Å². The maximum atomic E-state index is 13.4. The lowest BCUT2D eigenvalue weighted by Gasteiger charge is -2.28. The second-order valence-electron chi connectivity index (χ2n) is 6.92. The van der Waals surface area contributed by atoms with E-state index in [1.165, 1.54) is 24.5 Å². The van der Waals surface area contributed by atoms with Crippen LogP contribution in [0.2, 0.25) is 0 Å². The third-order valence-electron chi connectivity index (χ3n) is 4.93. The Morgan fingerprint density at radius 3 is 2.50 bits per heavy atom. The van der Waals surface area contributed by atoms with Crippen LogP contribution in [0.1, 0.15) is 28.3 Å². The van der Waals surface area contributed by atoms with Gasteiger partial charge in [-0.05, 0) is 12.3 Å². The van der Waals surface area contributed by atoms with Crippen molar-refractivity contribution in [3.8, 4) is 23.8 Å². The van der Waals surface area contributed by atoms with Gasteiger partial charge in [0, 0.05) is 36.7 Å². The molecule has 0 N–H and O–H groups in total. The number of nitrogens with zero attached hydrogens (tertiary/aromatic N) is 3. The van der Waals surface area contributed by atoms with Crippen molar-refractivity contribution in [1.29, 1.82) is 0 Å². The molecule has 1 unspecified atom stereocenters. The topological polar surface area (TPSA) is 72.0 Å². The van der Waals surface area contributed by atoms with Crippen LogP contribution >= 0.6 is 11.3 Å². The van der Waals surface area contributed by atoms with Crippen LogP contribution in [0.5, 0.6) is 11.5 Å². The van der Waals surface area contributed by atoms with Gasteiger partial charge in [-0.15, -0.1) is 17.8 Å². The highest BCUT2D eigenvalue weighted by Gasteiger charge is 2.41. The van der Waals surface area contributed by atoms with E-state index in [-0.39, 0.29) is 24.3 Å². The maximum Gasteiger partial charge on any atom is 0.390 e. The molecule has 1 atom stereocenters. The molecule has 11 heteroatoms. The summed E-state index contributed by atoms with van der Waals surface area (Å²) >= 11 is 1.10. The number of halogens is 3. The summed E-state index contributed by atoms with van der Waals surface area (Å²) in [5, 5.41) is 1.77. The molecule has 1 aliphatic rings. The fourth-order valence-electron chi connectivity index (χ4n) is 3.38. The number of ether oxygens (including phenoxy) is 2. The Morgan fingerprint density at radius 2 is 1.97 bits per heavy atom. The van der Waals surface area contributed by atoms with Crippen molar-refractivity contribution in [3.05, 3.63) is 34.3 Å². The summed E-state index contributed by atoms with van der Waals surface area (Å²) in [4.78, 5) is 32.8. The molecule has 2 heterocycles. The van der Waals surface area contributed by atoms with E-state index in [9.17, 15) is 22.8 Å². The van der Waals surface area contributed by atoms with Gasteiger partial charge in [0.05, 0.1) is 26.3 Å². The number of likely N-dealkylation sites (tertiary alicyclic amines) is 1. The van der Waals surface area contributed by atoms with Crippen LogP contribution in [0.15, 0.2) is 23.6 Å². The fourth-order valence-corrected chi connectivity index (χ4v) is 3.97. The van der Waals surface area contributed by atoms with E-state index < -0.39 is 37.0 Å². The van der Waals surface area contributed by atoms with Gasteiger partial charge in [0.25, 0.3) is 5.91 Å². The first kappa shape index (κ1) is 23.4. The number of aromatic nitrogens is 1. The molecule has 7 nitrogen and oxygen atoms in total. The van der Waals surface area contributed by atoms with Crippen LogP contribution in [0.4, 0.5) is 18.9 Å². The highest BCUT2D eigenvalue weighted by molar-refractivity contribution is 7.10. The second kappa shape index (κ2) is 9.48. The van der Waals surface area contributed by atoms with E-state index in [1.807, 2.05) is 0 Å². The Balaban J connectivity index is 1.99. The summed E-state index contributed by atoms with van der Waals surface area (Å²) < 4.78 is 48.5. The molecule has 1 fully saturated rings. The summed E-state index contributed by atoms with van der Waals surface area (Å²) in [5.74, 6) is 1.92. The molecule has 170 valence electrons. The van der Waals surface area contributed by atoms with E-state index in [0.717, 1.165) is 16.2 Å². The Labute approximate surface area is 186 Å². The van der Waals surface area contributed by atoms with Gasteiger partial charge in [0.2, 0.25) is 5.91 Å². The molecule has 2 aromatic rings. The predicted molar refractivity (Wildman–Crippen MR) is 112 cm³/mol. The van der Waals surface area contributed by atoms with Crippen molar-refractivity contribution in [1.82, 2.24) is 9.88 Å². The van der Waals surface area contributed by atoms with E-state index in [2.05, 4.69) is 10.9 Å². The molecule has 0 aliphatic carbocycles. The standard InChI is InChI=1S/C21H20F3N3O4S/c1-4-18-25-16(12-32-18)19(28)27(13-9-14(30-2)11-15(10-13)31-3)17-5-7-26(20(17)29)8-6-21(22,23)24/h1,9-12,17H,5-8H2,2-3H3. The van der Waals surface area contributed by atoms with Crippen molar-refractivity contribution in [2.45, 2.75) is 25.1 Å². The minimum atomic E-state index is -4.39. The number of amides is 2. The Bertz CT molecular complexity index is 1030. The van der Waals surface area contributed by atoms with Gasteiger partial charge in [-0.2, -0.15) is 13.2 Å². The van der Waals surface area contributed by atoms with Crippen LogP contribution in [0.3, 0.4) is 0 Å². The van der Waals surface area contributed by atoms with Crippen LogP contribution < -0.4 is 14.4 Å². The van der Waals surface area contributed by atoms with Crippen LogP contribution in [0, 0.1) is 12.3 Å². The van der Waals surface area contributed by atoms with E-state index in [1.54, 1.807) is 18.2 Å². The number of rotatable bonds is 7. The van der Waals surface area contributed by atoms with Crippen LogP contribution in [-0.4, -0.2) is 61.2 Å². The van der Waals surface area contributed by atoms with Crippen molar-refractivity contribution in [2.75, 3.05) is 32.2 Å². The van der Waals surface area contributed by atoms with Gasteiger partial charge in [-0.25, -0.2) is 4.98 Å². The zero-order valence-electron chi connectivity index (χ0n) is 17.3. The number of hydrogen-bond donors (Lipinski definition) is 0. The number of benzene rings is 1. The van der Waals surface area contributed by atoms with Gasteiger partial charge in [-0.1, -0.05) is 0 Å². The third kappa shape index (κ3) is 5.13. The fraction of sp³-hybridized carbons (Fsp3) is 0.381. The number of alkyl halides is 3. The largest absolute Gasteiger partial charge is 0.497 e. The number of carbonyl (C=O) groups excluding carboxylic acids is 2. The lowest BCUT2D eigenvalue weighted by Crippen LogP contribution is -2.46. The molecule has 1 aliphatic heterocycles. The van der Waals surface area contributed by atoms with E-state index in [4.69, 9.17) is 15.9 Å². The molecule has 0 radical (unpaired) electrons. The number of terminal acetylenes is 1. The highest BCUT2D eigenvalue weighted by atomic mass is 32.1. The number of hydrogen-bond acceptors (Lipinski definition) is 6. The minimum absolute atomic E-state index is 0.0336. The lowest BCUT2D eigenvalue weighted by molar-refractivity contribution is -0.143. The van der Waals surface area contributed by atoms with Gasteiger partial charge < -0.3 is 14.4 Å². The zero-order valence-corrected chi connectivity index (χ0v) is 18.1. The molecule has 0 bridgehead atoms. The normalized spacial score (nSPS) is 16.1. The average molecular weight is 467 g/mol. The van der Waals surface area contributed by atoms with Gasteiger partial charge >= 0.3 is 6.18 Å². The first-order chi connectivity index (χ1) is 15.2. The number of anilines is 1. The summed E-state index contributed by atoms with van der Waals surface area (Å²) in [6.45, 7) is -0.378. The molecular weight excluding hydrogens is 447 g/mol. The molecule has 3 rings (SSSR count). The SMILES string of the molecule is C#Cc1nc(C(=O)N(c2cc(OC)cc(OC)c2)C2CCN(CCC(F)(F)F)C2=O)cs1. The van der Waals surface area contributed by atoms with Gasteiger partial charge in [-0.3, -0.25) is 14.5 Å². The van der Waals surface area contributed by atoms with Crippen LogP contribution in [0.25, 0.3) is 0 Å². The zero-order chi connectivity index (χ0) is 23.5. The van der Waals surface area contributed by atoms with Crippen molar-refractivity contribution in [2.24, 2.45) is 0 Å². The molecule has 1 saturated heterocycles. The third-order valence-corrected chi connectivity index (χ3v) is 5.70. The van der Waals surface area contributed by atoms with Crippen molar-refractivity contribution >= 4 is 28.8 Å². The molecule has 1 aromatic heterocycles. The molecule has 2 amide bonds. The maximum absolute atomic E-state index is 13.4. The molecule has 0 spiro atoms. The Morgan fingerprint density at radius 1 is 1.31 bits per heavy atom. The number of methoxy groups -OCH3 is 2. The summed E-state index contributed by atoms with van der Waals surface area (Å²) in [5.41, 5.74) is 0.323. The first-order valence-corrected chi connectivity index (χ1v) is 10.4. The molecule has 1 aromatic carbocycles. The minimum Gasteiger partial charge on any atom is -0.497 e. The number of thiazole rings is 1. The second-order valence-corrected chi connectivity index (χ2v) is 7.78. The summed E-state index contributed by atoms with van der Waals surface area (Å²) in [6, 6.07) is 3.67. The van der Waals surface area contributed by atoms with E-state index >= 15 is 0 Å². The lowest BCUT2D eigenvalue weighted by atomic mass is 10.1. The monoisotopic (exact) mass is 467 g/mol. The van der Waals surface area contributed by atoms with Crippen molar-refractivity contribution < 1.29 is 32.2 Å². The smallest absolute Gasteiger partial charge is 0.390 e. The first-order valence-electron chi connectivity index (χ1n) is 9.51. The predicted octanol–water partition coefficient (Wildman–Crippen LogP) is 3.34. The Hall–Kier alpha value is -3.26. The van der Waals surface area contributed by atoms with Gasteiger partial charge in [0.1, 0.15) is 23.2 Å². The van der Waals surface area contributed by atoms with E-state index in [0.29, 0.717) is 16.5 Å². The molecule has 32 heavy (non-hydrogen) atoms. The quantitative estimate of drug-likeness (QED) is 0.584. The molecular formula is C21H20F3N3O4S. The highest BCUT2D eigenvalue weighted by Crippen LogP contribution is 2.33. The van der Waals surface area contributed by atoms with Crippen molar-refractivity contribution in [3.63, 3.8) is 0 Å². The average Bonchev–Trinajstić information content (AvgIpc) is 3.39. The summed E-state index contributed by atoms with van der Waals surface area (Å²) in [7, 11) is 2.87.